The highest BCUT2D eigenvalue weighted by molar-refractivity contribution is 6.02. The van der Waals surface area contributed by atoms with E-state index in [4.69, 9.17) is 9.47 Å². The number of imide groups is 1. The van der Waals surface area contributed by atoms with Crippen LogP contribution in [0, 0.1) is 6.92 Å². The predicted molar refractivity (Wildman–Crippen MR) is 207 cm³/mol. The molecule has 3 aromatic heterocycles. The number of aryl methyl sites for hydroxylation is 2. The highest BCUT2D eigenvalue weighted by Crippen LogP contribution is 2.44. The van der Waals surface area contributed by atoms with E-state index in [2.05, 4.69) is 15.4 Å². The fourth-order valence-corrected chi connectivity index (χ4v) is 8.50. The summed E-state index contributed by atoms with van der Waals surface area (Å²) in [7, 11) is 4.81. The molecule has 0 bridgehead atoms. The maximum Gasteiger partial charge on any atom is 0.286 e. The van der Waals surface area contributed by atoms with Crippen molar-refractivity contribution >= 4 is 33.5 Å². The standard InChI is InChI=1S/C43H40F2N6O5/c1-23-40-28(6-5-7-35(40)51(48-23)36-12-13-39(52)47-41(36)53)25-10-11-26-19-50(22-43(44,45)33(26)14-25)21-32-37(55-3)15-27(16-38(32)56-4)31-20-49(2)42(54)30-18-46-34(17-29(30)31)24-8-9-24/h5-7,10-11,14-18,20,24,36H,8-9,12-13,19,21-22H2,1-4H3,(H,47,52,53). The Balaban J connectivity index is 1.03. The van der Waals surface area contributed by atoms with Crippen LogP contribution in [0.2, 0.25) is 0 Å². The van der Waals surface area contributed by atoms with Gasteiger partial charge in [0.25, 0.3) is 17.4 Å². The van der Waals surface area contributed by atoms with E-state index >= 15 is 8.78 Å². The van der Waals surface area contributed by atoms with Gasteiger partial charge in [-0.15, -0.1) is 0 Å². The summed E-state index contributed by atoms with van der Waals surface area (Å²) >= 11 is 0. The predicted octanol–water partition coefficient (Wildman–Crippen LogP) is 6.91. The zero-order valence-electron chi connectivity index (χ0n) is 31.5. The Morgan fingerprint density at radius 3 is 2.41 bits per heavy atom. The average Bonchev–Trinajstić information content (AvgIpc) is 3.98. The number of hydrogen-bond donors (Lipinski definition) is 1. The van der Waals surface area contributed by atoms with Crippen LogP contribution in [0.4, 0.5) is 8.78 Å². The van der Waals surface area contributed by atoms with Gasteiger partial charge in [0.1, 0.15) is 17.5 Å². The van der Waals surface area contributed by atoms with Crippen LogP contribution in [0.1, 0.15) is 65.7 Å². The van der Waals surface area contributed by atoms with Crippen molar-refractivity contribution in [3.63, 3.8) is 0 Å². The number of pyridine rings is 2. The normalized spacial score (nSPS) is 18.3. The molecule has 0 radical (unpaired) electrons. The maximum absolute atomic E-state index is 16.3. The number of nitrogens with zero attached hydrogens (tertiary/aromatic N) is 5. The minimum absolute atomic E-state index is 0.0330. The Labute approximate surface area is 320 Å². The highest BCUT2D eigenvalue weighted by atomic mass is 19.3. The summed E-state index contributed by atoms with van der Waals surface area (Å²) < 4.78 is 47.6. The first-order valence-corrected chi connectivity index (χ1v) is 18.7. The number of carbonyl (C=O) groups is 2. The molecule has 0 spiro atoms. The molecule has 2 amide bonds. The number of aromatic nitrogens is 4. The van der Waals surface area contributed by atoms with Crippen LogP contribution in [0.5, 0.6) is 11.5 Å². The van der Waals surface area contributed by atoms with Gasteiger partial charge < -0.3 is 14.0 Å². The highest BCUT2D eigenvalue weighted by Gasteiger charge is 2.41. The van der Waals surface area contributed by atoms with Gasteiger partial charge in [-0.3, -0.25) is 34.3 Å². The third-order valence-corrected chi connectivity index (χ3v) is 11.4. The summed E-state index contributed by atoms with van der Waals surface area (Å²) in [6.07, 6.45) is 6.16. The lowest BCUT2D eigenvalue weighted by molar-refractivity contribution is -0.135. The summed E-state index contributed by atoms with van der Waals surface area (Å²) in [6.45, 7) is 1.74. The van der Waals surface area contributed by atoms with Crippen LogP contribution in [-0.2, 0) is 35.6 Å². The van der Waals surface area contributed by atoms with Gasteiger partial charge in [0, 0.05) is 67.1 Å². The summed E-state index contributed by atoms with van der Waals surface area (Å²) in [5.41, 5.74) is 6.25. The molecule has 1 atom stereocenters. The van der Waals surface area contributed by atoms with Crippen molar-refractivity contribution in [1.82, 2.24) is 29.5 Å². The molecule has 2 aliphatic heterocycles. The van der Waals surface area contributed by atoms with Crippen LogP contribution in [-0.4, -0.2) is 56.8 Å². The lowest BCUT2D eigenvalue weighted by atomic mass is 9.90. The lowest BCUT2D eigenvalue weighted by Gasteiger charge is -2.35. The summed E-state index contributed by atoms with van der Waals surface area (Å²) in [6, 6.07) is 15.9. The smallest absolute Gasteiger partial charge is 0.286 e. The van der Waals surface area contributed by atoms with E-state index in [9.17, 15) is 14.4 Å². The Morgan fingerprint density at radius 1 is 0.929 bits per heavy atom. The molecular formula is C43H40F2N6O5. The molecule has 2 fully saturated rings. The number of hydrogen-bond acceptors (Lipinski definition) is 8. The minimum atomic E-state index is -3.18. The molecule has 13 heteroatoms. The number of halogens is 2. The number of ether oxygens (including phenoxy) is 2. The Bertz CT molecular complexity index is 2660. The molecule has 5 heterocycles. The van der Waals surface area contributed by atoms with Crippen LogP contribution in [0.3, 0.4) is 0 Å². The Hall–Kier alpha value is -5.95. The van der Waals surface area contributed by atoms with E-state index in [1.807, 2.05) is 49.4 Å². The van der Waals surface area contributed by atoms with Gasteiger partial charge >= 0.3 is 0 Å². The van der Waals surface area contributed by atoms with Crippen molar-refractivity contribution in [1.29, 1.82) is 0 Å². The van der Waals surface area contributed by atoms with Gasteiger partial charge in [-0.05, 0) is 84.2 Å². The van der Waals surface area contributed by atoms with E-state index in [1.54, 1.807) is 55.4 Å². The molecule has 3 aromatic carbocycles. The third-order valence-electron chi connectivity index (χ3n) is 11.4. The molecule has 3 aliphatic rings. The molecule has 6 aromatic rings. The van der Waals surface area contributed by atoms with Gasteiger partial charge in [-0.1, -0.05) is 24.3 Å². The Kier molecular flexibility index (Phi) is 8.53. The minimum Gasteiger partial charge on any atom is -0.496 e. The monoisotopic (exact) mass is 758 g/mol. The van der Waals surface area contributed by atoms with Crippen molar-refractivity contribution in [3.05, 3.63) is 105 Å². The number of fused-ring (bicyclic) bond motifs is 3. The van der Waals surface area contributed by atoms with Gasteiger partial charge in [-0.25, -0.2) is 0 Å². The lowest BCUT2D eigenvalue weighted by Crippen LogP contribution is -2.42. The summed E-state index contributed by atoms with van der Waals surface area (Å²) in [5, 5.41) is 9.15. The van der Waals surface area contributed by atoms with Crippen LogP contribution >= 0.6 is 0 Å². The van der Waals surface area contributed by atoms with Crippen LogP contribution in [0.25, 0.3) is 43.9 Å². The van der Waals surface area contributed by atoms with Crippen LogP contribution in [0.15, 0.2) is 71.8 Å². The summed E-state index contributed by atoms with van der Waals surface area (Å²) in [4.78, 5) is 43.9. The first-order valence-electron chi connectivity index (χ1n) is 18.7. The largest absolute Gasteiger partial charge is 0.496 e. The molecule has 1 aliphatic carbocycles. The average molecular weight is 759 g/mol. The molecule has 1 saturated carbocycles. The van der Waals surface area contributed by atoms with Gasteiger partial charge in [0.15, 0.2) is 0 Å². The Morgan fingerprint density at radius 2 is 1.70 bits per heavy atom. The molecule has 9 rings (SSSR count). The zero-order valence-corrected chi connectivity index (χ0v) is 31.5. The molecule has 286 valence electrons. The fraction of sp³-hybridized carbons (Fsp3) is 0.326. The fourth-order valence-electron chi connectivity index (χ4n) is 8.50. The molecule has 11 nitrogen and oxygen atoms in total. The van der Waals surface area contributed by atoms with Crippen molar-refractivity contribution in [2.45, 2.75) is 63.6 Å². The quantitative estimate of drug-likeness (QED) is 0.167. The van der Waals surface area contributed by atoms with Crippen molar-refractivity contribution < 1.29 is 27.8 Å². The SMILES string of the molecule is COc1cc(-c2cn(C)c(=O)c3cnc(C4CC4)cc23)cc(OC)c1CN1Cc2ccc(-c3cccc4c3c(C)nn4C3CCC(=O)NC3=O)cc2C(F)(F)C1. The van der Waals surface area contributed by atoms with E-state index in [0.29, 0.717) is 57.1 Å². The number of rotatable bonds is 8. The third kappa shape index (κ3) is 6.01. The molecule has 1 N–H and O–H groups in total. The van der Waals surface area contributed by atoms with Crippen LogP contribution < -0.4 is 20.3 Å². The van der Waals surface area contributed by atoms with Gasteiger partial charge in [-0.2, -0.15) is 13.9 Å². The maximum atomic E-state index is 16.3. The molecule has 1 saturated heterocycles. The van der Waals surface area contributed by atoms with Crippen molar-refractivity contribution in [2.75, 3.05) is 20.8 Å². The first kappa shape index (κ1) is 35.7. The number of amides is 2. The number of piperidine rings is 1. The number of alkyl halides is 2. The molecular weight excluding hydrogens is 719 g/mol. The van der Waals surface area contributed by atoms with Gasteiger partial charge in [0.05, 0.1) is 42.9 Å². The number of carbonyl (C=O) groups excluding carboxylic acids is 2. The van der Waals surface area contributed by atoms with E-state index in [1.165, 1.54) is 4.57 Å². The second-order valence-corrected chi connectivity index (χ2v) is 15.2. The zero-order chi connectivity index (χ0) is 39.0. The van der Waals surface area contributed by atoms with E-state index in [0.717, 1.165) is 46.0 Å². The van der Waals surface area contributed by atoms with E-state index in [-0.39, 0.29) is 36.5 Å². The van der Waals surface area contributed by atoms with E-state index < -0.39 is 24.4 Å². The summed E-state index contributed by atoms with van der Waals surface area (Å²) in [5.74, 6) is -2.51. The van der Waals surface area contributed by atoms with Crippen molar-refractivity contribution in [2.24, 2.45) is 7.05 Å². The molecule has 1 unspecified atom stereocenters. The van der Waals surface area contributed by atoms with Crippen molar-refractivity contribution in [3.8, 4) is 33.8 Å². The second-order valence-electron chi connectivity index (χ2n) is 15.2. The van der Waals surface area contributed by atoms with Gasteiger partial charge in [0.2, 0.25) is 5.91 Å². The topological polar surface area (TPSA) is 121 Å². The number of methoxy groups -OCH3 is 2. The second kappa shape index (κ2) is 13.4. The number of nitrogens with one attached hydrogen (secondary N) is 1. The molecule has 56 heavy (non-hydrogen) atoms. The number of benzene rings is 3. The first-order chi connectivity index (χ1) is 26.9.